The van der Waals surface area contributed by atoms with Gasteiger partial charge in [-0.25, -0.2) is 15.0 Å². The third kappa shape index (κ3) is 6.31. The average molecular weight is 687 g/mol. The molecule has 2 saturated carbocycles. The second kappa shape index (κ2) is 13.6. The standard InChI is InChI=1S/C49H42N4/c1-32-24-34-25-33(2)29-49(28-32,30-34)42-21-18-35(19-22-42)44-16-6-7-17-45(44)48-52-46(36-10-4-3-5-11-36)51-47(53-48)40-14-8-12-37(27-40)38-20-23-43-39(26-38)13-9-15-41(43)31-50/h3-23,26-27,32-34H,24-25,28-30H2,1-2H3/t32-,33+,34-,49?. The highest BCUT2D eigenvalue weighted by molar-refractivity contribution is 5.92. The van der Waals surface area contributed by atoms with E-state index in [1.54, 1.807) is 0 Å². The molecule has 0 aliphatic heterocycles. The predicted octanol–water partition coefficient (Wildman–Crippen LogP) is 12.3. The topological polar surface area (TPSA) is 62.5 Å². The van der Waals surface area contributed by atoms with Crippen LogP contribution in [0.15, 0.2) is 140 Å². The molecule has 0 saturated heterocycles. The Labute approximate surface area is 312 Å². The Bertz CT molecular complexity index is 2480. The zero-order valence-electron chi connectivity index (χ0n) is 30.3. The van der Waals surface area contributed by atoms with Gasteiger partial charge in [-0.1, -0.05) is 135 Å². The molecule has 6 aromatic carbocycles. The molecule has 1 aromatic heterocycles. The summed E-state index contributed by atoms with van der Waals surface area (Å²) in [5.41, 5.74) is 9.74. The number of fused-ring (bicyclic) bond motifs is 3. The lowest BCUT2D eigenvalue weighted by molar-refractivity contribution is 0.0780. The fourth-order valence-corrected chi connectivity index (χ4v) is 9.73. The number of nitriles is 1. The molecule has 0 radical (unpaired) electrons. The molecule has 1 heterocycles. The molecule has 9 rings (SSSR count). The van der Waals surface area contributed by atoms with Crippen molar-refractivity contribution >= 4 is 10.8 Å². The summed E-state index contributed by atoms with van der Waals surface area (Å²) in [4.78, 5) is 15.4. The van der Waals surface area contributed by atoms with Crippen molar-refractivity contribution in [2.75, 3.05) is 0 Å². The second-order valence-corrected chi connectivity index (χ2v) is 15.7. The molecule has 0 amide bonds. The van der Waals surface area contributed by atoms with Crippen molar-refractivity contribution in [3.05, 3.63) is 151 Å². The van der Waals surface area contributed by atoms with Crippen LogP contribution in [-0.4, -0.2) is 15.0 Å². The van der Waals surface area contributed by atoms with Gasteiger partial charge in [-0.2, -0.15) is 5.26 Å². The van der Waals surface area contributed by atoms with Crippen molar-refractivity contribution in [3.8, 4) is 62.5 Å². The van der Waals surface area contributed by atoms with E-state index in [0.29, 0.717) is 28.5 Å². The highest BCUT2D eigenvalue weighted by Gasteiger charge is 2.45. The Hall–Kier alpha value is -5.92. The molecule has 2 fully saturated rings. The molecule has 2 bridgehead atoms. The van der Waals surface area contributed by atoms with Crippen LogP contribution < -0.4 is 0 Å². The fourth-order valence-electron chi connectivity index (χ4n) is 9.73. The number of hydrogen-bond donors (Lipinski definition) is 0. The van der Waals surface area contributed by atoms with Gasteiger partial charge in [0.05, 0.1) is 11.6 Å². The van der Waals surface area contributed by atoms with Gasteiger partial charge in [-0.05, 0) is 112 Å². The SMILES string of the molecule is C[C@@H]1C[C@@H]2C[C@H](C)CC(c3ccc(-c4ccccc4-c4nc(-c5ccccc5)nc(-c5cccc(-c6ccc7c(C#N)cccc7c6)c5)n4)cc3)(C1)C2. The summed E-state index contributed by atoms with van der Waals surface area (Å²) in [6.45, 7) is 4.92. The van der Waals surface area contributed by atoms with Crippen LogP contribution in [0.2, 0.25) is 0 Å². The Morgan fingerprint density at radius 1 is 0.528 bits per heavy atom. The Balaban J connectivity index is 1.12. The lowest BCUT2D eigenvalue weighted by Crippen LogP contribution is -2.42. The van der Waals surface area contributed by atoms with Crippen LogP contribution in [0.3, 0.4) is 0 Å². The molecule has 2 aliphatic carbocycles. The number of rotatable bonds is 6. The maximum atomic E-state index is 9.61. The lowest BCUT2D eigenvalue weighted by atomic mass is 9.54. The average Bonchev–Trinajstić information content (AvgIpc) is 3.20. The smallest absolute Gasteiger partial charge is 0.164 e. The maximum absolute atomic E-state index is 9.61. The van der Waals surface area contributed by atoms with Crippen molar-refractivity contribution in [2.45, 2.75) is 51.4 Å². The monoisotopic (exact) mass is 686 g/mol. The first-order chi connectivity index (χ1) is 25.9. The van der Waals surface area contributed by atoms with Crippen molar-refractivity contribution in [1.82, 2.24) is 15.0 Å². The van der Waals surface area contributed by atoms with Crippen molar-refractivity contribution < 1.29 is 0 Å². The first-order valence-electron chi connectivity index (χ1n) is 19.0. The predicted molar refractivity (Wildman–Crippen MR) is 216 cm³/mol. The molecule has 2 aliphatic rings. The summed E-state index contributed by atoms with van der Waals surface area (Å²) in [5, 5.41) is 11.6. The van der Waals surface area contributed by atoms with E-state index < -0.39 is 0 Å². The molecule has 4 heteroatoms. The van der Waals surface area contributed by atoms with Gasteiger partial charge >= 0.3 is 0 Å². The zero-order chi connectivity index (χ0) is 35.9. The summed E-state index contributed by atoms with van der Waals surface area (Å²) in [6.07, 6.45) is 6.69. The summed E-state index contributed by atoms with van der Waals surface area (Å²) in [6, 6.07) is 50.9. The van der Waals surface area contributed by atoms with Crippen LogP contribution >= 0.6 is 0 Å². The number of aromatic nitrogens is 3. The van der Waals surface area contributed by atoms with Gasteiger partial charge in [0.2, 0.25) is 0 Å². The molecule has 4 atom stereocenters. The van der Waals surface area contributed by atoms with Gasteiger partial charge in [-0.3, -0.25) is 0 Å². The van der Waals surface area contributed by atoms with Crippen LogP contribution in [0.4, 0.5) is 0 Å². The number of hydrogen-bond acceptors (Lipinski definition) is 4. The molecule has 53 heavy (non-hydrogen) atoms. The van der Waals surface area contributed by atoms with Crippen LogP contribution in [0.1, 0.15) is 57.1 Å². The Kier molecular flexibility index (Phi) is 8.43. The largest absolute Gasteiger partial charge is 0.208 e. The van der Waals surface area contributed by atoms with Crippen molar-refractivity contribution in [2.24, 2.45) is 17.8 Å². The highest BCUT2D eigenvalue weighted by Crippen LogP contribution is 2.54. The van der Waals surface area contributed by atoms with Crippen molar-refractivity contribution in [1.29, 1.82) is 5.26 Å². The van der Waals surface area contributed by atoms with E-state index in [1.807, 2.05) is 36.4 Å². The minimum Gasteiger partial charge on any atom is -0.208 e. The summed E-state index contributed by atoms with van der Waals surface area (Å²) >= 11 is 0. The molecular weight excluding hydrogens is 645 g/mol. The minimum absolute atomic E-state index is 0.298. The maximum Gasteiger partial charge on any atom is 0.164 e. The van der Waals surface area contributed by atoms with Gasteiger partial charge < -0.3 is 0 Å². The Morgan fingerprint density at radius 2 is 1.13 bits per heavy atom. The van der Waals surface area contributed by atoms with E-state index in [1.165, 1.54) is 43.2 Å². The third-order valence-electron chi connectivity index (χ3n) is 11.7. The van der Waals surface area contributed by atoms with Crippen LogP contribution in [0.25, 0.3) is 67.2 Å². The van der Waals surface area contributed by atoms with Gasteiger partial charge in [0.15, 0.2) is 17.5 Å². The molecule has 258 valence electrons. The molecule has 7 aromatic rings. The van der Waals surface area contributed by atoms with E-state index in [4.69, 9.17) is 15.0 Å². The van der Waals surface area contributed by atoms with Gasteiger partial charge in [0.25, 0.3) is 0 Å². The fraction of sp³-hybridized carbons (Fsp3) is 0.224. The van der Waals surface area contributed by atoms with Crippen molar-refractivity contribution in [3.63, 3.8) is 0 Å². The second-order valence-electron chi connectivity index (χ2n) is 15.7. The zero-order valence-corrected chi connectivity index (χ0v) is 30.3. The first-order valence-corrected chi connectivity index (χ1v) is 19.0. The number of nitrogens with zero attached hydrogens (tertiary/aromatic N) is 4. The molecular formula is C49H42N4. The Morgan fingerprint density at radius 3 is 1.89 bits per heavy atom. The molecule has 0 spiro atoms. The molecule has 4 nitrogen and oxygen atoms in total. The quantitative estimate of drug-likeness (QED) is 0.175. The molecule has 1 unspecified atom stereocenters. The third-order valence-corrected chi connectivity index (χ3v) is 11.7. The van der Waals surface area contributed by atoms with Gasteiger partial charge in [-0.15, -0.1) is 0 Å². The van der Waals surface area contributed by atoms with E-state index in [0.717, 1.165) is 61.9 Å². The van der Waals surface area contributed by atoms with Crippen LogP contribution in [0, 0.1) is 29.1 Å². The van der Waals surface area contributed by atoms with Crippen LogP contribution in [0.5, 0.6) is 0 Å². The van der Waals surface area contributed by atoms with Gasteiger partial charge in [0.1, 0.15) is 0 Å². The van der Waals surface area contributed by atoms with E-state index in [-0.39, 0.29) is 0 Å². The summed E-state index contributed by atoms with van der Waals surface area (Å²) < 4.78 is 0. The molecule has 0 N–H and O–H groups in total. The van der Waals surface area contributed by atoms with E-state index in [2.05, 4.69) is 123 Å². The minimum atomic E-state index is 0.298. The number of benzene rings is 6. The van der Waals surface area contributed by atoms with E-state index in [9.17, 15) is 5.26 Å². The summed E-state index contributed by atoms with van der Waals surface area (Å²) in [5.74, 6) is 4.33. The van der Waals surface area contributed by atoms with Gasteiger partial charge in [0, 0.05) is 16.7 Å². The first kappa shape index (κ1) is 33.0. The van der Waals surface area contributed by atoms with E-state index >= 15 is 0 Å². The summed E-state index contributed by atoms with van der Waals surface area (Å²) in [7, 11) is 0. The normalized spacial score (nSPS) is 20.9. The lowest BCUT2D eigenvalue weighted by Gasteiger charge is -2.50. The highest BCUT2D eigenvalue weighted by atomic mass is 15.0. The van der Waals surface area contributed by atoms with Crippen LogP contribution in [-0.2, 0) is 5.41 Å².